The molecule has 1 rings (SSSR count). The van der Waals surface area contributed by atoms with Gasteiger partial charge in [-0.25, -0.2) is 0 Å². The Kier molecular flexibility index (Phi) is 5.86. The Balaban J connectivity index is 2.19. The van der Waals surface area contributed by atoms with Gasteiger partial charge in [-0.05, 0) is 23.9 Å². The Morgan fingerprint density at radius 1 is 1.40 bits per heavy atom. The van der Waals surface area contributed by atoms with Gasteiger partial charge >= 0.3 is 0 Å². The zero-order valence-corrected chi connectivity index (χ0v) is 10.0. The van der Waals surface area contributed by atoms with Crippen LogP contribution in [0.2, 0.25) is 0 Å². The first-order valence-electron chi connectivity index (χ1n) is 5.04. The van der Waals surface area contributed by atoms with Gasteiger partial charge in [0.25, 0.3) is 0 Å². The fourth-order valence-electron chi connectivity index (χ4n) is 1.34. The summed E-state index contributed by atoms with van der Waals surface area (Å²) in [5.74, 6) is 0. The van der Waals surface area contributed by atoms with E-state index in [9.17, 15) is 5.11 Å². The van der Waals surface area contributed by atoms with Crippen LogP contribution in [-0.4, -0.2) is 32.0 Å². The third-order valence-corrected chi connectivity index (χ3v) is 3.09. The maximum absolute atomic E-state index is 9.84. The summed E-state index contributed by atoms with van der Waals surface area (Å²) in [5, 5.41) is 11.8. The van der Waals surface area contributed by atoms with Crippen LogP contribution in [-0.2, 0) is 9.47 Å². The standard InChI is InChI=1S/C11H18O3S/c1-9-10(4-8-15-9)11(12)3-5-14-7-6-13-2/h4,8,11-12H,3,5-7H2,1-2H3. The lowest BCUT2D eigenvalue weighted by Gasteiger charge is -2.10. The van der Waals surface area contributed by atoms with Crippen molar-refractivity contribution in [1.82, 2.24) is 0 Å². The van der Waals surface area contributed by atoms with E-state index in [0.29, 0.717) is 26.2 Å². The molecule has 0 fully saturated rings. The van der Waals surface area contributed by atoms with Crippen molar-refractivity contribution in [2.24, 2.45) is 0 Å². The van der Waals surface area contributed by atoms with E-state index in [0.717, 1.165) is 5.56 Å². The fourth-order valence-corrected chi connectivity index (χ4v) is 2.09. The Labute approximate surface area is 94.6 Å². The molecule has 1 aromatic rings. The molecule has 1 heterocycles. The first kappa shape index (κ1) is 12.6. The lowest BCUT2D eigenvalue weighted by molar-refractivity contribution is 0.0475. The molecule has 0 aliphatic heterocycles. The molecule has 0 spiro atoms. The molecule has 86 valence electrons. The highest BCUT2D eigenvalue weighted by Gasteiger charge is 2.10. The summed E-state index contributed by atoms with van der Waals surface area (Å²) in [4.78, 5) is 1.18. The summed E-state index contributed by atoms with van der Waals surface area (Å²) in [6, 6.07) is 1.97. The van der Waals surface area contributed by atoms with E-state index in [-0.39, 0.29) is 0 Å². The van der Waals surface area contributed by atoms with E-state index in [4.69, 9.17) is 9.47 Å². The maximum atomic E-state index is 9.84. The van der Waals surface area contributed by atoms with Crippen molar-refractivity contribution in [2.45, 2.75) is 19.4 Å². The number of rotatable bonds is 7. The second-order valence-corrected chi connectivity index (χ2v) is 4.46. The molecule has 0 aliphatic rings. The number of thiophene rings is 1. The summed E-state index contributed by atoms with van der Waals surface area (Å²) in [7, 11) is 1.65. The van der Waals surface area contributed by atoms with E-state index in [1.165, 1.54) is 4.88 Å². The SMILES string of the molecule is COCCOCCC(O)c1ccsc1C. The molecule has 1 aromatic heterocycles. The van der Waals surface area contributed by atoms with E-state index in [1.54, 1.807) is 18.4 Å². The highest BCUT2D eigenvalue weighted by Crippen LogP contribution is 2.24. The number of hydrogen-bond donors (Lipinski definition) is 1. The van der Waals surface area contributed by atoms with Crippen LogP contribution in [0.5, 0.6) is 0 Å². The second kappa shape index (κ2) is 6.95. The minimum Gasteiger partial charge on any atom is -0.388 e. The van der Waals surface area contributed by atoms with Crippen molar-refractivity contribution in [3.8, 4) is 0 Å². The van der Waals surface area contributed by atoms with Crippen LogP contribution >= 0.6 is 11.3 Å². The van der Waals surface area contributed by atoms with Gasteiger partial charge in [0.1, 0.15) is 0 Å². The van der Waals surface area contributed by atoms with Gasteiger partial charge in [-0.3, -0.25) is 0 Å². The molecule has 0 bridgehead atoms. The number of ether oxygens (including phenoxy) is 2. The summed E-state index contributed by atoms with van der Waals surface area (Å²) in [5.41, 5.74) is 1.02. The monoisotopic (exact) mass is 230 g/mol. The average molecular weight is 230 g/mol. The quantitative estimate of drug-likeness (QED) is 0.729. The summed E-state index contributed by atoms with van der Waals surface area (Å²) in [6.07, 6.45) is 0.236. The number of aliphatic hydroxyl groups excluding tert-OH is 1. The van der Waals surface area contributed by atoms with Crippen molar-refractivity contribution in [1.29, 1.82) is 0 Å². The average Bonchev–Trinajstić information content (AvgIpc) is 2.64. The minimum atomic E-state index is -0.404. The Hall–Kier alpha value is -0.420. The van der Waals surface area contributed by atoms with Crippen LogP contribution in [0.25, 0.3) is 0 Å². The molecule has 0 saturated carbocycles. The molecular formula is C11H18O3S. The van der Waals surface area contributed by atoms with Gasteiger partial charge in [-0.1, -0.05) is 0 Å². The summed E-state index contributed by atoms with van der Waals surface area (Å²) < 4.78 is 10.2. The van der Waals surface area contributed by atoms with Gasteiger partial charge in [0.15, 0.2) is 0 Å². The lowest BCUT2D eigenvalue weighted by Crippen LogP contribution is -2.07. The second-order valence-electron chi connectivity index (χ2n) is 3.34. The highest BCUT2D eigenvalue weighted by molar-refractivity contribution is 7.10. The van der Waals surface area contributed by atoms with Crippen LogP contribution in [0.1, 0.15) is 23.0 Å². The lowest BCUT2D eigenvalue weighted by atomic mass is 10.1. The maximum Gasteiger partial charge on any atom is 0.0822 e. The molecule has 1 atom stereocenters. The van der Waals surface area contributed by atoms with Crippen molar-refractivity contribution in [3.63, 3.8) is 0 Å². The van der Waals surface area contributed by atoms with Crippen LogP contribution < -0.4 is 0 Å². The summed E-state index contributed by atoms with van der Waals surface area (Å²) >= 11 is 1.66. The highest BCUT2D eigenvalue weighted by atomic mass is 32.1. The normalized spacial score (nSPS) is 13.0. The van der Waals surface area contributed by atoms with Crippen molar-refractivity contribution in [2.75, 3.05) is 26.9 Å². The van der Waals surface area contributed by atoms with Crippen molar-refractivity contribution in [3.05, 3.63) is 21.9 Å². The molecule has 1 unspecified atom stereocenters. The molecule has 0 aliphatic carbocycles. The molecule has 15 heavy (non-hydrogen) atoms. The van der Waals surface area contributed by atoms with Crippen LogP contribution in [0.3, 0.4) is 0 Å². The van der Waals surface area contributed by atoms with Crippen LogP contribution in [0, 0.1) is 6.92 Å². The van der Waals surface area contributed by atoms with Crippen LogP contribution in [0.4, 0.5) is 0 Å². The van der Waals surface area contributed by atoms with Gasteiger partial charge in [-0.15, -0.1) is 11.3 Å². The third kappa shape index (κ3) is 4.30. The number of aryl methyl sites for hydroxylation is 1. The Morgan fingerprint density at radius 2 is 2.20 bits per heavy atom. The fraction of sp³-hybridized carbons (Fsp3) is 0.636. The van der Waals surface area contributed by atoms with Gasteiger partial charge in [0.2, 0.25) is 0 Å². The predicted octanol–water partition coefficient (Wildman–Crippen LogP) is 2.14. The van der Waals surface area contributed by atoms with E-state index < -0.39 is 6.10 Å². The van der Waals surface area contributed by atoms with E-state index in [1.807, 2.05) is 18.4 Å². The number of hydrogen-bond acceptors (Lipinski definition) is 4. The zero-order chi connectivity index (χ0) is 11.1. The van der Waals surface area contributed by atoms with Crippen molar-refractivity contribution < 1.29 is 14.6 Å². The van der Waals surface area contributed by atoms with Gasteiger partial charge in [0.05, 0.1) is 19.3 Å². The topological polar surface area (TPSA) is 38.7 Å². The minimum absolute atomic E-state index is 0.404. The largest absolute Gasteiger partial charge is 0.388 e. The Morgan fingerprint density at radius 3 is 2.80 bits per heavy atom. The molecule has 0 saturated heterocycles. The van der Waals surface area contributed by atoms with E-state index in [2.05, 4.69) is 0 Å². The first-order valence-corrected chi connectivity index (χ1v) is 5.92. The van der Waals surface area contributed by atoms with E-state index >= 15 is 0 Å². The summed E-state index contributed by atoms with van der Waals surface area (Å²) in [6.45, 7) is 3.79. The number of methoxy groups -OCH3 is 1. The van der Waals surface area contributed by atoms with Crippen molar-refractivity contribution >= 4 is 11.3 Å². The molecule has 0 amide bonds. The van der Waals surface area contributed by atoms with Gasteiger partial charge in [-0.2, -0.15) is 0 Å². The predicted molar refractivity (Wildman–Crippen MR) is 61.3 cm³/mol. The van der Waals surface area contributed by atoms with Gasteiger partial charge < -0.3 is 14.6 Å². The molecular weight excluding hydrogens is 212 g/mol. The number of aliphatic hydroxyl groups is 1. The third-order valence-electron chi connectivity index (χ3n) is 2.23. The first-order chi connectivity index (χ1) is 7.25. The molecule has 0 aromatic carbocycles. The van der Waals surface area contributed by atoms with Crippen LogP contribution in [0.15, 0.2) is 11.4 Å². The molecule has 1 N–H and O–H groups in total. The Bertz CT molecular complexity index is 273. The van der Waals surface area contributed by atoms with Gasteiger partial charge in [0, 0.05) is 25.0 Å². The molecule has 0 radical (unpaired) electrons. The molecule has 4 heteroatoms. The smallest absolute Gasteiger partial charge is 0.0822 e. The molecule has 3 nitrogen and oxygen atoms in total. The zero-order valence-electron chi connectivity index (χ0n) is 9.23.